The molecule has 3 aromatic rings. The molecule has 0 aliphatic rings. The molecule has 1 aromatic carbocycles. The second-order valence-corrected chi connectivity index (χ2v) is 4.63. The van der Waals surface area contributed by atoms with E-state index < -0.39 is 6.04 Å². The predicted molar refractivity (Wildman–Crippen MR) is 77.2 cm³/mol. The zero-order valence-corrected chi connectivity index (χ0v) is 10.8. The van der Waals surface area contributed by atoms with Gasteiger partial charge in [-0.25, -0.2) is 0 Å². The third kappa shape index (κ3) is 2.41. The Labute approximate surface area is 115 Å². The topological polar surface area (TPSA) is 99.6 Å². The first-order valence-electron chi connectivity index (χ1n) is 6.35. The summed E-state index contributed by atoms with van der Waals surface area (Å²) in [6, 6.07) is 9.01. The summed E-state index contributed by atoms with van der Waals surface area (Å²) in [4.78, 5) is 15.2. The summed E-state index contributed by atoms with van der Waals surface area (Å²) in [7, 11) is 0. The van der Waals surface area contributed by atoms with E-state index in [1.807, 2.05) is 30.5 Å². The van der Waals surface area contributed by atoms with Gasteiger partial charge in [-0.1, -0.05) is 18.2 Å². The minimum absolute atomic E-state index is 0.237. The van der Waals surface area contributed by atoms with Crippen molar-refractivity contribution in [3.05, 3.63) is 48.3 Å². The number of H-pyrrole nitrogens is 2. The minimum Gasteiger partial charge on any atom is -0.361 e. The van der Waals surface area contributed by atoms with Crippen LogP contribution in [-0.4, -0.2) is 27.1 Å². The molecule has 0 radical (unpaired) electrons. The lowest BCUT2D eigenvalue weighted by Gasteiger charge is -2.10. The van der Waals surface area contributed by atoms with Crippen LogP contribution in [0.15, 0.2) is 42.7 Å². The molecule has 2 aromatic heterocycles. The monoisotopic (exact) mass is 269 g/mol. The number of hydrogen-bond acceptors (Lipinski definition) is 3. The fourth-order valence-corrected chi connectivity index (χ4v) is 2.18. The van der Waals surface area contributed by atoms with Crippen LogP contribution >= 0.6 is 0 Å². The minimum atomic E-state index is -0.613. The van der Waals surface area contributed by atoms with Crippen molar-refractivity contribution in [2.45, 2.75) is 12.5 Å². The zero-order valence-electron chi connectivity index (χ0n) is 10.8. The van der Waals surface area contributed by atoms with Gasteiger partial charge >= 0.3 is 0 Å². The second kappa shape index (κ2) is 5.18. The second-order valence-electron chi connectivity index (χ2n) is 4.63. The van der Waals surface area contributed by atoms with Crippen LogP contribution in [0, 0.1) is 0 Å². The van der Waals surface area contributed by atoms with Crippen LogP contribution in [0.3, 0.4) is 0 Å². The number of nitrogens with zero attached hydrogens (tertiary/aromatic N) is 1. The number of aromatic nitrogens is 3. The molecule has 1 amide bonds. The molecule has 0 saturated heterocycles. The standard InChI is InChI=1S/C14H15N5O/c15-11(14(20)18-13-5-6-17-19-13)7-9-8-16-12-4-2-1-3-10(9)12/h1-6,8,11,16H,7,15H2,(H2,17,18,19,20)/t11-/m0/s1. The van der Waals surface area contributed by atoms with Crippen LogP contribution in [0.1, 0.15) is 5.56 Å². The van der Waals surface area contributed by atoms with Gasteiger partial charge in [-0.3, -0.25) is 9.89 Å². The lowest BCUT2D eigenvalue weighted by molar-refractivity contribution is -0.117. The van der Waals surface area contributed by atoms with Crippen LogP contribution in [0.4, 0.5) is 5.82 Å². The number of carbonyl (C=O) groups is 1. The van der Waals surface area contributed by atoms with Gasteiger partial charge in [-0.05, 0) is 18.1 Å². The lowest BCUT2D eigenvalue weighted by atomic mass is 10.1. The number of aromatic amines is 2. The van der Waals surface area contributed by atoms with Gasteiger partial charge in [0.25, 0.3) is 0 Å². The van der Waals surface area contributed by atoms with Crippen molar-refractivity contribution in [2.75, 3.05) is 5.32 Å². The number of para-hydroxylation sites is 1. The van der Waals surface area contributed by atoms with Crippen LogP contribution < -0.4 is 11.1 Å². The van der Waals surface area contributed by atoms with Crippen molar-refractivity contribution >= 4 is 22.6 Å². The Morgan fingerprint density at radius 3 is 3.00 bits per heavy atom. The maximum Gasteiger partial charge on any atom is 0.242 e. The summed E-state index contributed by atoms with van der Waals surface area (Å²) in [5, 5.41) is 10.2. The van der Waals surface area contributed by atoms with Gasteiger partial charge in [0.05, 0.1) is 12.2 Å². The smallest absolute Gasteiger partial charge is 0.242 e. The Hall–Kier alpha value is -2.60. The number of hydrogen-bond donors (Lipinski definition) is 4. The van der Waals surface area contributed by atoms with Crippen molar-refractivity contribution in [2.24, 2.45) is 5.73 Å². The van der Waals surface area contributed by atoms with E-state index in [4.69, 9.17) is 5.73 Å². The molecule has 0 unspecified atom stereocenters. The summed E-state index contributed by atoms with van der Waals surface area (Å²) in [6.07, 6.45) is 3.94. The number of amides is 1. The van der Waals surface area contributed by atoms with Crippen LogP contribution in [0.25, 0.3) is 10.9 Å². The van der Waals surface area contributed by atoms with Crippen LogP contribution in [-0.2, 0) is 11.2 Å². The molecule has 0 fully saturated rings. The highest BCUT2D eigenvalue weighted by Crippen LogP contribution is 2.18. The van der Waals surface area contributed by atoms with Crippen LogP contribution in [0.2, 0.25) is 0 Å². The summed E-state index contributed by atoms with van der Waals surface area (Å²) in [5.74, 6) is 0.309. The number of benzene rings is 1. The third-order valence-corrected chi connectivity index (χ3v) is 3.21. The zero-order chi connectivity index (χ0) is 13.9. The summed E-state index contributed by atoms with van der Waals surface area (Å²) in [6.45, 7) is 0. The first kappa shape index (κ1) is 12.4. The van der Waals surface area contributed by atoms with Crippen molar-refractivity contribution in [3.8, 4) is 0 Å². The number of anilines is 1. The Morgan fingerprint density at radius 1 is 1.35 bits per heavy atom. The Morgan fingerprint density at radius 2 is 2.20 bits per heavy atom. The van der Waals surface area contributed by atoms with E-state index in [2.05, 4.69) is 20.5 Å². The largest absolute Gasteiger partial charge is 0.361 e. The molecule has 0 saturated carbocycles. The highest BCUT2D eigenvalue weighted by atomic mass is 16.2. The number of rotatable bonds is 4. The van der Waals surface area contributed by atoms with E-state index in [0.29, 0.717) is 12.2 Å². The normalized spacial score (nSPS) is 12.4. The molecule has 5 N–H and O–H groups in total. The molecule has 2 heterocycles. The van der Waals surface area contributed by atoms with E-state index in [0.717, 1.165) is 16.5 Å². The van der Waals surface area contributed by atoms with E-state index in [9.17, 15) is 4.79 Å². The molecular weight excluding hydrogens is 254 g/mol. The Kier molecular flexibility index (Phi) is 3.22. The lowest BCUT2D eigenvalue weighted by Crippen LogP contribution is -2.37. The van der Waals surface area contributed by atoms with Crippen molar-refractivity contribution in [1.82, 2.24) is 15.2 Å². The number of nitrogens with two attached hydrogens (primary N) is 1. The maximum absolute atomic E-state index is 12.0. The highest BCUT2D eigenvalue weighted by Gasteiger charge is 2.16. The van der Waals surface area contributed by atoms with E-state index in [1.54, 1.807) is 12.3 Å². The third-order valence-electron chi connectivity index (χ3n) is 3.21. The summed E-state index contributed by atoms with van der Waals surface area (Å²) >= 11 is 0. The molecule has 0 aliphatic carbocycles. The Balaban J connectivity index is 1.72. The number of carbonyl (C=O) groups excluding carboxylic acids is 1. The molecule has 0 bridgehead atoms. The molecule has 3 rings (SSSR count). The van der Waals surface area contributed by atoms with E-state index >= 15 is 0 Å². The van der Waals surface area contributed by atoms with E-state index in [1.165, 1.54) is 0 Å². The van der Waals surface area contributed by atoms with Gasteiger partial charge in [0.1, 0.15) is 5.82 Å². The predicted octanol–water partition coefficient (Wildman–Crippen LogP) is 1.40. The summed E-state index contributed by atoms with van der Waals surface area (Å²) in [5.41, 5.74) is 8.04. The van der Waals surface area contributed by atoms with Crippen LogP contribution in [0.5, 0.6) is 0 Å². The first-order valence-corrected chi connectivity index (χ1v) is 6.35. The van der Waals surface area contributed by atoms with Crippen molar-refractivity contribution < 1.29 is 4.79 Å². The fourth-order valence-electron chi connectivity index (χ4n) is 2.18. The fraction of sp³-hybridized carbons (Fsp3) is 0.143. The van der Waals surface area contributed by atoms with Crippen molar-refractivity contribution in [3.63, 3.8) is 0 Å². The maximum atomic E-state index is 12.0. The molecular formula is C14H15N5O. The van der Waals surface area contributed by atoms with Gasteiger partial charge in [0, 0.05) is 23.2 Å². The quantitative estimate of drug-likeness (QED) is 0.576. The van der Waals surface area contributed by atoms with Gasteiger partial charge in [0.15, 0.2) is 0 Å². The molecule has 20 heavy (non-hydrogen) atoms. The van der Waals surface area contributed by atoms with Gasteiger partial charge in [0.2, 0.25) is 5.91 Å². The first-order chi connectivity index (χ1) is 9.74. The van der Waals surface area contributed by atoms with Gasteiger partial charge < -0.3 is 16.0 Å². The van der Waals surface area contributed by atoms with E-state index in [-0.39, 0.29) is 5.91 Å². The molecule has 6 heteroatoms. The Bertz CT molecular complexity index is 716. The average Bonchev–Trinajstić information content (AvgIpc) is 3.09. The highest BCUT2D eigenvalue weighted by molar-refractivity contribution is 5.94. The average molecular weight is 269 g/mol. The molecule has 6 nitrogen and oxygen atoms in total. The molecule has 0 spiro atoms. The number of nitrogens with one attached hydrogen (secondary N) is 3. The summed E-state index contributed by atoms with van der Waals surface area (Å²) < 4.78 is 0. The number of fused-ring (bicyclic) bond motifs is 1. The van der Waals surface area contributed by atoms with Gasteiger partial charge in [-0.15, -0.1) is 0 Å². The van der Waals surface area contributed by atoms with Crippen molar-refractivity contribution in [1.29, 1.82) is 0 Å². The molecule has 102 valence electrons. The molecule has 0 aliphatic heterocycles. The molecule has 1 atom stereocenters. The SMILES string of the molecule is N[C@@H](Cc1c[nH]c2ccccc12)C(=O)Nc1ccn[nH]1. The van der Waals surface area contributed by atoms with Gasteiger partial charge in [-0.2, -0.15) is 5.10 Å².